The SMILES string of the molecule is COc1ccc(Cl)cc1NC(=O)C[C@H]1CCCCN1S(=O)(=O)c1ccccc1. The number of anilines is 1. The van der Waals surface area contributed by atoms with Crippen LogP contribution in [0.15, 0.2) is 53.4 Å². The standard InChI is InChI=1S/C20H23ClN2O4S/c1-27-19-11-10-15(21)13-18(19)22-20(24)14-16-7-5-6-12-23(16)28(25,26)17-8-3-2-4-9-17/h2-4,8-11,13,16H,5-7,12,14H2,1H3,(H,22,24)/t16-/m1/s1. The van der Waals surface area contributed by atoms with Gasteiger partial charge in [0.05, 0.1) is 17.7 Å². The third-order valence-corrected chi connectivity index (χ3v) is 6.98. The van der Waals surface area contributed by atoms with Crippen molar-refractivity contribution in [2.24, 2.45) is 0 Å². The topological polar surface area (TPSA) is 75.7 Å². The van der Waals surface area contributed by atoms with Crippen LogP contribution in [0.4, 0.5) is 5.69 Å². The Bertz CT molecular complexity index is 934. The van der Waals surface area contributed by atoms with Crippen molar-refractivity contribution in [1.82, 2.24) is 4.31 Å². The van der Waals surface area contributed by atoms with Crippen LogP contribution in [0.25, 0.3) is 0 Å². The second-order valence-electron chi connectivity index (χ2n) is 6.68. The summed E-state index contributed by atoms with van der Waals surface area (Å²) in [6.45, 7) is 0.412. The Hall–Kier alpha value is -2.09. The van der Waals surface area contributed by atoms with Gasteiger partial charge in [-0.15, -0.1) is 0 Å². The molecule has 1 fully saturated rings. The van der Waals surface area contributed by atoms with Gasteiger partial charge < -0.3 is 10.1 Å². The molecule has 0 saturated carbocycles. The molecule has 0 spiro atoms. The van der Waals surface area contributed by atoms with E-state index in [2.05, 4.69) is 5.32 Å². The molecule has 0 unspecified atom stereocenters. The highest BCUT2D eigenvalue weighted by molar-refractivity contribution is 7.89. The summed E-state index contributed by atoms with van der Waals surface area (Å²) >= 11 is 6.01. The summed E-state index contributed by atoms with van der Waals surface area (Å²) in [5.74, 6) is 0.218. The highest BCUT2D eigenvalue weighted by atomic mass is 35.5. The number of piperidine rings is 1. The van der Waals surface area contributed by atoms with Crippen LogP contribution in [0.3, 0.4) is 0 Å². The smallest absolute Gasteiger partial charge is 0.243 e. The third kappa shape index (κ3) is 4.66. The molecule has 0 aliphatic carbocycles. The van der Waals surface area contributed by atoms with Crippen molar-refractivity contribution < 1.29 is 17.9 Å². The minimum atomic E-state index is -3.64. The Kier molecular flexibility index (Phi) is 6.59. The Morgan fingerprint density at radius 1 is 1.21 bits per heavy atom. The van der Waals surface area contributed by atoms with Crippen molar-refractivity contribution >= 4 is 33.2 Å². The zero-order valence-electron chi connectivity index (χ0n) is 15.6. The molecule has 8 heteroatoms. The van der Waals surface area contributed by atoms with E-state index in [1.54, 1.807) is 48.5 Å². The molecule has 1 amide bonds. The van der Waals surface area contributed by atoms with Gasteiger partial charge in [-0.25, -0.2) is 8.42 Å². The zero-order valence-corrected chi connectivity index (χ0v) is 17.2. The molecule has 28 heavy (non-hydrogen) atoms. The van der Waals surface area contributed by atoms with E-state index in [9.17, 15) is 13.2 Å². The number of hydrogen-bond acceptors (Lipinski definition) is 4. The Morgan fingerprint density at radius 2 is 1.96 bits per heavy atom. The van der Waals surface area contributed by atoms with Crippen LogP contribution in [0.5, 0.6) is 5.75 Å². The van der Waals surface area contributed by atoms with Gasteiger partial charge in [0.25, 0.3) is 0 Å². The molecule has 150 valence electrons. The molecule has 3 rings (SSSR count). The fourth-order valence-electron chi connectivity index (χ4n) is 3.42. The van der Waals surface area contributed by atoms with Gasteiger partial charge >= 0.3 is 0 Å². The molecule has 0 radical (unpaired) electrons. The van der Waals surface area contributed by atoms with Gasteiger partial charge in [-0.05, 0) is 43.2 Å². The number of ether oxygens (including phenoxy) is 1. The van der Waals surface area contributed by atoms with Crippen molar-refractivity contribution in [2.75, 3.05) is 19.0 Å². The monoisotopic (exact) mass is 422 g/mol. The Balaban J connectivity index is 1.76. The molecule has 1 N–H and O–H groups in total. The summed E-state index contributed by atoms with van der Waals surface area (Å²) in [6, 6.07) is 12.9. The minimum absolute atomic E-state index is 0.0712. The number of nitrogens with zero attached hydrogens (tertiary/aromatic N) is 1. The fourth-order valence-corrected chi connectivity index (χ4v) is 5.30. The molecule has 2 aromatic carbocycles. The quantitative estimate of drug-likeness (QED) is 0.765. The van der Waals surface area contributed by atoms with Gasteiger partial charge in [-0.1, -0.05) is 36.2 Å². The van der Waals surface area contributed by atoms with Crippen LogP contribution in [-0.2, 0) is 14.8 Å². The average Bonchev–Trinajstić information content (AvgIpc) is 2.69. The first kappa shape index (κ1) is 20.6. The molecule has 0 bridgehead atoms. The predicted molar refractivity (Wildman–Crippen MR) is 109 cm³/mol. The lowest BCUT2D eigenvalue weighted by Crippen LogP contribution is -2.45. The summed E-state index contributed by atoms with van der Waals surface area (Å²) < 4.78 is 32.8. The number of rotatable bonds is 6. The van der Waals surface area contributed by atoms with E-state index in [0.29, 0.717) is 29.4 Å². The molecule has 0 aromatic heterocycles. The maximum absolute atomic E-state index is 13.0. The van der Waals surface area contributed by atoms with Gasteiger partial charge in [0.15, 0.2) is 0 Å². The highest BCUT2D eigenvalue weighted by Crippen LogP contribution is 2.30. The summed E-state index contributed by atoms with van der Waals surface area (Å²) in [5, 5.41) is 3.27. The number of hydrogen-bond donors (Lipinski definition) is 1. The van der Waals surface area contributed by atoms with E-state index in [1.807, 2.05) is 0 Å². The van der Waals surface area contributed by atoms with Crippen molar-refractivity contribution in [3.8, 4) is 5.75 Å². The largest absolute Gasteiger partial charge is 0.495 e. The first-order chi connectivity index (χ1) is 13.4. The van der Waals surface area contributed by atoms with E-state index in [4.69, 9.17) is 16.3 Å². The molecule has 6 nitrogen and oxygen atoms in total. The van der Waals surface area contributed by atoms with E-state index in [0.717, 1.165) is 12.8 Å². The number of amides is 1. The van der Waals surface area contributed by atoms with E-state index in [-0.39, 0.29) is 23.3 Å². The number of halogens is 1. The molecule has 2 aromatic rings. The normalized spacial score (nSPS) is 17.9. The number of benzene rings is 2. The summed E-state index contributed by atoms with van der Waals surface area (Å²) in [5.41, 5.74) is 0.466. The molecule has 1 saturated heterocycles. The van der Waals surface area contributed by atoms with Gasteiger partial charge in [0.2, 0.25) is 15.9 Å². The fraction of sp³-hybridized carbons (Fsp3) is 0.350. The first-order valence-electron chi connectivity index (χ1n) is 9.12. The second-order valence-corrected chi connectivity index (χ2v) is 9.00. The summed E-state index contributed by atoms with van der Waals surface area (Å²) in [6.07, 6.45) is 2.39. The first-order valence-corrected chi connectivity index (χ1v) is 10.9. The zero-order chi connectivity index (χ0) is 20.1. The molecule has 1 aliphatic heterocycles. The van der Waals surface area contributed by atoms with Crippen LogP contribution in [0.2, 0.25) is 5.02 Å². The van der Waals surface area contributed by atoms with Crippen LogP contribution in [-0.4, -0.2) is 38.3 Å². The Morgan fingerprint density at radius 3 is 2.68 bits per heavy atom. The maximum Gasteiger partial charge on any atom is 0.243 e. The molecule has 1 heterocycles. The van der Waals surface area contributed by atoms with Gasteiger partial charge in [-0.3, -0.25) is 4.79 Å². The number of sulfonamides is 1. The summed E-state index contributed by atoms with van der Waals surface area (Å²) in [4.78, 5) is 12.9. The number of carbonyl (C=O) groups is 1. The van der Waals surface area contributed by atoms with Crippen LogP contribution in [0.1, 0.15) is 25.7 Å². The second kappa shape index (κ2) is 8.94. The Labute approximate surface area is 170 Å². The predicted octanol–water partition coefficient (Wildman–Crippen LogP) is 3.92. The van der Waals surface area contributed by atoms with Crippen molar-refractivity contribution in [3.63, 3.8) is 0 Å². The lowest BCUT2D eigenvalue weighted by atomic mass is 10.0. The van der Waals surface area contributed by atoms with E-state index in [1.165, 1.54) is 11.4 Å². The molecule has 1 atom stereocenters. The lowest BCUT2D eigenvalue weighted by molar-refractivity contribution is -0.117. The number of methoxy groups -OCH3 is 1. The van der Waals surface area contributed by atoms with Crippen LogP contribution in [0, 0.1) is 0 Å². The summed E-state index contributed by atoms with van der Waals surface area (Å²) in [7, 11) is -2.13. The lowest BCUT2D eigenvalue weighted by Gasteiger charge is -2.34. The molecular formula is C20H23ClN2O4S. The molecular weight excluding hydrogens is 400 g/mol. The van der Waals surface area contributed by atoms with Crippen molar-refractivity contribution in [2.45, 2.75) is 36.6 Å². The van der Waals surface area contributed by atoms with Gasteiger partial charge in [0, 0.05) is 24.0 Å². The van der Waals surface area contributed by atoms with E-state index >= 15 is 0 Å². The van der Waals surface area contributed by atoms with Gasteiger partial charge in [0.1, 0.15) is 5.75 Å². The van der Waals surface area contributed by atoms with Crippen LogP contribution >= 0.6 is 11.6 Å². The maximum atomic E-state index is 13.0. The van der Waals surface area contributed by atoms with Gasteiger partial charge in [-0.2, -0.15) is 4.31 Å². The van der Waals surface area contributed by atoms with Crippen molar-refractivity contribution in [1.29, 1.82) is 0 Å². The number of carbonyl (C=O) groups excluding carboxylic acids is 1. The highest BCUT2D eigenvalue weighted by Gasteiger charge is 2.34. The van der Waals surface area contributed by atoms with E-state index < -0.39 is 10.0 Å². The third-order valence-electron chi connectivity index (χ3n) is 4.78. The van der Waals surface area contributed by atoms with Crippen LogP contribution < -0.4 is 10.1 Å². The number of nitrogens with one attached hydrogen (secondary N) is 1. The minimum Gasteiger partial charge on any atom is -0.495 e. The molecule has 1 aliphatic rings. The van der Waals surface area contributed by atoms with Crippen molar-refractivity contribution in [3.05, 3.63) is 53.6 Å². The average molecular weight is 423 g/mol.